The first-order valence-electron chi connectivity index (χ1n) is 2.83. The number of carbonyl (C=O) groups excluding carboxylic acids is 1. The van der Waals surface area contributed by atoms with Gasteiger partial charge in [0.15, 0.2) is 4.69 Å². The van der Waals surface area contributed by atoms with Crippen LogP contribution in [-0.2, 0) is 23.0 Å². The first-order valence-corrected chi connectivity index (χ1v) is 5.88. The highest BCUT2D eigenvalue weighted by molar-refractivity contribution is 9.18. The molecule has 14 heavy (non-hydrogen) atoms. The molecule has 0 spiro atoms. The highest BCUT2D eigenvalue weighted by Crippen LogP contribution is 2.22. The van der Waals surface area contributed by atoms with Crippen LogP contribution in [0.4, 0.5) is 0 Å². The lowest BCUT2D eigenvalue weighted by atomic mass is 11.0. The Balaban J connectivity index is 0. The number of nitrogens with two attached hydrogens (primary N) is 1. The first-order chi connectivity index (χ1) is 6.25. The van der Waals surface area contributed by atoms with Gasteiger partial charge >= 0.3 is 22.9 Å². The van der Waals surface area contributed by atoms with Gasteiger partial charge in [-0.15, -0.1) is 9.79 Å². The summed E-state index contributed by atoms with van der Waals surface area (Å²) in [6.07, 6.45) is -1.65. The van der Waals surface area contributed by atoms with Crippen LogP contribution in [0.1, 0.15) is 6.92 Å². The average Bonchev–Trinajstić information content (AvgIpc) is 1.79. The van der Waals surface area contributed by atoms with E-state index in [-0.39, 0.29) is 4.69 Å². The lowest BCUT2D eigenvalue weighted by molar-refractivity contribution is -0.108. The van der Waals surface area contributed by atoms with Crippen molar-refractivity contribution in [2.75, 3.05) is 0 Å². The fourth-order valence-electron chi connectivity index (χ4n) is 0.197. The number of carbonyl (C=O) groups is 1. The van der Waals surface area contributed by atoms with Crippen LogP contribution >= 0.6 is 32.4 Å². The molecule has 8 nitrogen and oxygen atoms in total. The van der Waals surface area contributed by atoms with Crippen LogP contribution < -0.4 is 5.73 Å². The van der Waals surface area contributed by atoms with Crippen LogP contribution in [0.2, 0.25) is 0 Å². The van der Waals surface area contributed by atoms with Crippen molar-refractivity contribution in [1.82, 2.24) is 0 Å². The van der Waals surface area contributed by atoms with Crippen molar-refractivity contribution in [2.24, 2.45) is 5.73 Å². The predicted octanol–water partition coefficient (Wildman–Crippen LogP) is 0.489. The molecule has 0 aromatic rings. The van der Waals surface area contributed by atoms with E-state index in [2.05, 4.69) is 25.0 Å². The predicted molar refractivity (Wildman–Crippen MR) is 49.4 cm³/mol. The molecule has 0 fully saturated rings. The third kappa shape index (κ3) is 22.7. The monoisotopic (exact) mass is 311 g/mol. The van der Waals surface area contributed by atoms with Gasteiger partial charge in [0.1, 0.15) is 0 Å². The molecule has 0 aliphatic heterocycles. The fraction of sp³-hybridized carbons (Fsp3) is 0.667. The van der Waals surface area contributed by atoms with Crippen LogP contribution in [0.25, 0.3) is 0 Å². The van der Waals surface area contributed by atoms with E-state index in [4.69, 9.17) is 15.5 Å². The Hall–Kier alpha value is 0.150. The smallest absolute Gasteiger partial charge is 0.287 e. The molecule has 0 aliphatic carbocycles. The van der Waals surface area contributed by atoms with Gasteiger partial charge in [-0.2, -0.15) is 0 Å². The van der Waals surface area contributed by atoms with Gasteiger partial charge in [-0.3, -0.25) is 10.5 Å². The number of rotatable bonds is 4. The normalized spacial score (nSPS) is 13.5. The molecular weight excluding hydrogens is 304 g/mol. The SMILES string of the molecule is CC(=O)Br.NC(O[P+](=O)O)O[P+](=O)O. The maximum absolute atomic E-state index is 9.78. The highest BCUT2D eigenvalue weighted by Gasteiger charge is 2.28. The minimum Gasteiger partial charge on any atom is -0.287 e. The van der Waals surface area contributed by atoms with Crippen LogP contribution in [0, 0.1) is 0 Å². The molecule has 0 saturated heterocycles. The van der Waals surface area contributed by atoms with E-state index >= 15 is 0 Å². The van der Waals surface area contributed by atoms with Gasteiger partial charge in [0.25, 0.3) is 0 Å². The Labute approximate surface area is 89.4 Å². The third-order valence-electron chi connectivity index (χ3n) is 0.388. The molecule has 0 aromatic heterocycles. The molecule has 2 atom stereocenters. The fourth-order valence-corrected chi connectivity index (χ4v) is 0.706. The second-order valence-electron chi connectivity index (χ2n) is 1.53. The largest absolute Gasteiger partial charge is 0.699 e. The molecule has 0 aliphatic rings. The van der Waals surface area contributed by atoms with Crippen LogP contribution in [0.15, 0.2) is 0 Å². The Morgan fingerprint density at radius 3 is 1.71 bits per heavy atom. The molecule has 0 aromatic carbocycles. The van der Waals surface area contributed by atoms with Gasteiger partial charge in [-0.25, -0.2) is 0 Å². The quantitative estimate of drug-likeness (QED) is 0.387. The summed E-state index contributed by atoms with van der Waals surface area (Å²) in [6, 6.07) is 0. The molecule has 0 heterocycles. The lowest BCUT2D eigenvalue weighted by Gasteiger charge is -1.89. The van der Waals surface area contributed by atoms with E-state index in [0.717, 1.165) is 0 Å². The molecule has 0 bridgehead atoms. The summed E-state index contributed by atoms with van der Waals surface area (Å²) in [5.41, 5.74) is 4.74. The number of hydrogen-bond donors (Lipinski definition) is 3. The summed E-state index contributed by atoms with van der Waals surface area (Å²) in [7, 11) is -5.82. The van der Waals surface area contributed by atoms with Gasteiger partial charge in [0, 0.05) is 16.1 Å². The summed E-state index contributed by atoms with van der Waals surface area (Å²) in [5, 5.41) is 0. The zero-order valence-corrected chi connectivity index (χ0v) is 10.2. The van der Waals surface area contributed by atoms with E-state index in [1.165, 1.54) is 6.92 Å². The standard InChI is InChI=1S/C2H3BrO.CH3NO6P2/c1-2(3)4;2-1(7-9(3)4)8-10(5)6/h1H3;1H,2H2/p+2. The number of hydrogen-bond acceptors (Lipinski definition) is 6. The molecular formula is C3H8BrNO7P2+2. The molecule has 0 rings (SSSR count). The zero-order valence-electron chi connectivity index (χ0n) is 6.86. The topological polar surface area (TPSA) is 136 Å². The molecule has 0 amide bonds. The van der Waals surface area contributed by atoms with Crippen molar-refractivity contribution in [3.8, 4) is 0 Å². The van der Waals surface area contributed by atoms with Crippen molar-refractivity contribution in [3.63, 3.8) is 0 Å². The van der Waals surface area contributed by atoms with Gasteiger partial charge in [0.05, 0.1) is 0 Å². The summed E-state index contributed by atoms with van der Waals surface area (Å²) < 4.78 is 27.2. The van der Waals surface area contributed by atoms with Gasteiger partial charge in [-0.05, 0) is 15.9 Å². The first kappa shape index (κ1) is 16.6. The van der Waals surface area contributed by atoms with E-state index in [1.54, 1.807) is 0 Å². The minimum absolute atomic E-state index is 0.0208. The minimum atomic E-state index is -2.91. The molecule has 0 saturated carbocycles. The molecule has 2 unspecified atom stereocenters. The van der Waals surface area contributed by atoms with E-state index < -0.39 is 22.9 Å². The average molecular weight is 312 g/mol. The molecule has 82 valence electrons. The van der Waals surface area contributed by atoms with Crippen molar-refractivity contribution in [2.45, 2.75) is 13.3 Å². The maximum Gasteiger partial charge on any atom is 0.699 e. The van der Waals surface area contributed by atoms with Crippen LogP contribution in [0.5, 0.6) is 0 Å². The van der Waals surface area contributed by atoms with E-state index in [0.29, 0.717) is 0 Å². The summed E-state index contributed by atoms with van der Waals surface area (Å²) in [6.45, 7) is 1.44. The second kappa shape index (κ2) is 9.70. The Kier molecular flexibility index (Phi) is 11.5. The Bertz CT molecular complexity index is 203. The summed E-state index contributed by atoms with van der Waals surface area (Å²) in [5.74, 6) is 0. The van der Waals surface area contributed by atoms with Crippen molar-refractivity contribution >= 4 is 37.1 Å². The van der Waals surface area contributed by atoms with Crippen molar-refractivity contribution in [1.29, 1.82) is 0 Å². The van der Waals surface area contributed by atoms with Crippen molar-refractivity contribution < 1.29 is 32.8 Å². The highest BCUT2D eigenvalue weighted by atomic mass is 79.9. The summed E-state index contributed by atoms with van der Waals surface area (Å²) >= 11 is 2.63. The summed E-state index contributed by atoms with van der Waals surface area (Å²) in [4.78, 5) is 25.3. The van der Waals surface area contributed by atoms with Gasteiger partial charge < -0.3 is 0 Å². The van der Waals surface area contributed by atoms with Crippen LogP contribution in [-0.4, -0.2) is 20.9 Å². The molecule has 4 N–H and O–H groups in total. The molecule has 0 radical (unpaired) electrons. The zero-order chi connectivity index (χ0) is 11.7. The Morgan fingerprint density at radius 2 is 1.57 bits per heavy atom. The molecule has 11 heteroatoms. The Morgan fingerprint density at radius 1 is 1.36 bits per heavy atom. The lowest BCUT2D eigenvalue weighted by Crippen LogP contribution is -2.21. The van der Waals surface area contributed by atoms with Gasteiger partial charge in [0.2, 0.25) is 0 Å². The van der Waals surface area contributed by atoms with E-state index in [1.807, 2.05) is 0 Å². The van der Waals surface area contributed by atoms with Crippen molar-refractivity contribution in [3.05, 3.63) is 0 Å². The third-order valence-corrected chi connectivity index (χ3v) is 1.16. The second-order valence-corrected chi connectivity index (χ2v) is 4.01. The maximum atomic E-state index is 9.78. The van der Waals surface area contributed by atoms with Crippen LogP contribution in [0.3, 0.4) is 0 Å². The number of halogens is 1. The van der Waals surface area contributed by atoms with E-state index in [9.17, 15) is 13.9 Å². The van der Waals surface area contributed by atoms with Gasteiger partial charge in [-0.1, -0.05) is 9.05 Å².